The highest BCUT2D eigenvalue weighted by Crippen LogP contribution is 2.18. The van der Waals surface area contributed by atoms with E-state index in [-0.39, 0.29) is 23.6 Å². The van der Waals surface area contributed by atoms with Crippen LogP contribution in [0.5, 0.6) is 5.75 Å². The molecular weight excluding hydrogens is 293 g/mol. The average molecular weight is 307 g/mol. The lowest BCUT2D eigenvalue weighted by Crippen LogP contribution is -2.21. The van der Waals surface area contributed by atoms with Gasteiger partial charge in [0.2, 0.25) is 5.91 Å². The molecule has 1 heterocycles. The fourth-order valence-corrected chi connectivity index (χ4v) is 2.31. The van der Waals surface area contributed by atoms with Crippen molar-refractivity contribution in [2.24, 2.45) is 5.10 Å². The Morgan fingerprint density at radius 1 is 1.52 bits per heavy atom. The van der Waals surface area contributed by atoms with Crippen molar-refractivity contribution in [3.63, 3.8) is 0 Å². The summed E-state index contributed by atoms with van der Waals surface area (Å²) in [6, 6.07) is 3.54. The second-order valence-corrected chi connectivity index (χ2v) is 5.49. The molecule has 2 rings (SSSR count). The van der Waals surface area contributed by atoms with Gasteiger partial charge < -0.3 is 5.11 Å². The number of nitrogens with zero attached hydrogens (tertiary/aromatic N) is 2. The van der Waals surface area contributed by atoms with Crippen molar-refractivity contribution in [2.75, 3.05) is 0 Å². The number of halogens is 1. The molecule has 5 nitrogen and oxygen atoms in total. The molecule has 0 unspecified atom stereocenters. The Hall–Kier alpha value is -2.28. The number of thiazole rings is 1. The number of nitrogens with one attached hydrogen (secondary N) is 1. The van der Waals surface area contributed by atoms with Crippen molar-refractivity contribution in [3.05, 3.63) is 45.7 Å². The van der Waals surface area contributed by atoms with E-state index >= 15 is 0 Å². The largest absolute Gasteiger partial charge is 0.507 e. The summed E-state index contributed by atoms with van der Waals surface area (Å²) in [5, 5.41) is 16.2. The van der Waals surface area contributed by atoms with Gasteiger partial charge in [0.25, 0.3) is 0 Å². The van der Waals surface area contributed by atoms with Crippen molar-refractivity contribution < 1.29 is 14.3 Å². The van der Waals surface area contributed by atoms with Gasteiger partial charge in [0, 0.05) is 10.9 Å². The number of aryl methyl sites for hydroxylation is 1. The summed E-state index contributed by atoms with van der Waals surface area (Å²) in [6.45, 7) is 3.43. The predicted molar refractivity (Wildman–Crippen MR) is 79.0 cm³/mol. The summed E-state index contributed by atoms with van der Waals surface area (Å²) in [7, 11) is 0. The highest BCUT2D eigenvalue weighted by Gasteiger charge is 2.08. The zero-order valence-electron chi connectivity index (χ0n) is 11.6. The Labute approximate surface area is 125 Å². The first-order valence-electron chi connectivity index (χ1n) is 6.18. The molecule has 21 heavy (non-hydrogen) atoms. The van der Waals surface area contributed by atoms with E-state index in [1.807, 2.05) is 12.3 Å². The maximum absolute atomic E-state index is 13.1. The number of phenols is 1. The third kappa shape index (κ3) is 4.09. The van der Waals surface area contributed by atoms with Crippen LogP contribution in [-0.4, -0.2) is 21.7 Å². The molecule has 1 aromatic heterocycles. The minimum absolute atomic E-state index is 0.0953. The monoisotopic (exact) mass is 307 g/mol. The van der Waals surface area contributed by atoms with Crippen molar-refractivity contribution in [2.45, 2.75) is 20.3 Å². The summed E-state index contributed by atoms with van der Waals surface area (Å²) in [5.74, 6) is -0.904. The lowest BCUT2D eigenvalue weighted by molar-refractivity contribution is -0.120. The van der Waals surface area contributed by atoms with Gasteiger partial charge in [0.05, 0.1) is 22.8 Å². The van der Waals surface area contributed by atoms with E-state index in [9.17, 15) is 14.3 Å². The molecule has 1 amide bonds. The standard InChI is InChI=1S/C14H14FN3O2S/c1-8(12-5-10(15)3-4-13(12)19)17-18-14(20)6-11-7-21-9(2)16-11/h3-5,7,19H,6H2,1-2H3,(H,18,20)/b17-8+. The van der Waals surface area contributed by atoms with Crippen molar-refractivity contribution in [1.82, 2.24) is 10.4 Å². The number of carbonyl (C=O) groups is 1. The van der Waals surface area contributed by atoms with Crippen LogP contribution in [0, 0.1) is 12.7 Å². The zero-order valence-corrected chi connectivity index (χ0v) is 12.4. The molecule has 0 aliphatic rings. The summed E-state index contributed by atoms with van der Waals surface area (Å²) >= 11 is 1.47. The van der Waals surface area contributed by atoms with Crippen LogP contribution >= 0.6 is 11.3 Å². The third-order valence-electron chi connectivity index (χ3n) is 2.70. The average Bonchev–Trinajstić information content (AvgIpc) is 2.84. The van der Waals surface area contributed by atoms with E-state index in [1.165, 1.54) is 17.4 Å². The molecule has 1 aromatic carbocycles. The number of carbonyl (C=O) groups excluding carboxylic acids is 1. The summed E-state index contributed by atoms with van der Waals surface area (Å²) in [6.07, 6.45) is 0.121. The lowest BCUT2D eigenvalue weighted by atomic mass is 10.1. The van der Waals surface area contributed by atoms with Crippen molar-refractivity contribution in [1.29, 1.82) is 0 Å². The first-order chi connectivity index (χ1) is 9.95. The predicted octanol–water partition coefficient (Wildman–Crippen LogP) is 2.38. The summed E-state index contributed by atoms with van der Waals surface area (Å²) in [4.78, 5) is 15.9. The van der Waals surface area contributed by atoms with Crippen LogP contribution in [0.1, 0.15) is 23.2 Å². The fraction of sp³-hybridized carbons (Fsp3) is 0.214. The zero-order chi connectivity index (χ0) is 15.4. The normalized spacial score (nSPS) is 11.5. The maximum atomic E-state index is 13.1. The quantitative estimate of drug-likeness (QED) is 0.672. The molecule has 0 fully saturated rings. The minimum Gasteiger partial charge on any atom is -0.507 e. The molecule has 0 bridgehead atoms. The van der Waals surface area contributed by atoms with E-state index in [0.29, 0.717) is 11.4 Å². The van der Waals surface area contributed by atoms with E-state index in [4.69, 9.17) is 0 Å². The molecule has 0 spiro atoms. The van der Waals surface area contributed by atoms with Gasteiger partial charge in [-0.05, 0) is 32.0 Å². The number of benzene rings is 1. The van der Waals surface area contributed by atoms with Crippen LogP contribution in [0.3, 0.4) is 0 Å². The third-order valence-corrected chi connectivity index (χ3v) is 3.53. The van der Waals surface area contributed by atoms with Gasteiger partial charge in [-0.1, -0.05) is 0 Å². The number of phenolic OH excluding ortho intramolecular Hbond substituents is 1. The van der Waals surface area contributed by atoms with Crippen LogP contribution in [-0.2, 0) is 11.2 Å². The highest BCUT2D eigenvalue weighted by atomic mass is 32.1. The topological polar surface area (TPSA) is 74.6 Å². The van der Waals surface area contributed by atoms with Crippen LogP contribution in [0.2, 0.25) is 0 Å². The fourth-order valence-electron chi connectivity index (χ4n) is 1.70. The second kappa shape index (κ2) is 6.45. The number of hydrogen-bond acceptors (Lipinski definition) is 5. The van der Waals surface area contributed by atoms with Crippen LogP contribution in [0.15, 0.2) is 28.7 Å². The molecule has 110 valence electrons. The van der Waals surface area contributed by atoms with Crippen molar-refractivity contribution >= 4 is 23.0 Å². The van der Waals surface area contributed by atoms with Gasteiger partial charge in [0.15, 0.2) is 0 Å². The van der Waals surface area contributed by atoms with Gasteiger partial charge in [-0.15, -0.1) is 11.3 Å². The van der Waals surface area contributed by atoms with Gasteiger partial charge >= 0.3 is 0 Å². The Morgan fingerprint density at radius 2 is 2.29 bits per heavy atom. The highest BCUT2D eigenvalue weighted by molar-refractivity contribution is 7.09. The first kappa shape index (κ1) is 15.1. The number of rotatable bonds is 4. The Balaban J connectivity index is 2.02. The Morgan fingerprint density at radius 3 is 2.95 bits per heavy atom. The smallest absolute Gasteiger partial charge is 0.246 e. The Bertz CT molecular complexity index is 697. The van der Waals surface area contributed by atoms with E-state index in [0.717, 1.165) is 17.1 Å². The molecule has 0 radical (unpaired) electrons. The number of aromatic nitrogens is 1. The van der Waals surface area contributed by atoms with E-state index in [2.05, 4.69) is 15.5 Å². The SMILES string of the molecule is C/C(=N\NC(=O)Cc1csc(C)n1)c1cc(F)ccc1O. The minimum atomic E-state index is -0.485. The van der Waals surface area contributed by atoms with E-state index in [1.54, 1.807) is 6.92 Å². The number of aromatic hydroxyl groups is 1. The molecule has 0 saturated carbocycles. The van der Waals surface area contributed by atoms with Crippen LogP contribution < -0.4 is 5.43 Å². The second-order valence-electron chi connectivity index (χ2n) is 4.43. The molecule has 0 atom stereocenters. The van der Waals surface area contributed by atoms with Gasteiger partial charge in [-0.2, -0.15) is 5.10 Å². The lowest BCUT2D eigenvalue weighted by Gasteiger charge is -2.05. The summed E-state index contributed by atoms with van der Waals surface area (Å²) in [5.41, 5.74) is 3.59. The van der Waals surface area contributed by atoms with Gasteiger partial charge in [0.1, 0.15) is 11.6 Å². The first-order valence-corrected chi connectivity index (χ1v) is 7.06. The molecule has 0 aliphatic carbocycles. The van der Waals surface area contributed by atoms with Crippen LogP contribution in [0.4, 0.5) is 4.39 Å². The van der Waals surface area contributed by atoms with Gasteiger partial charge in [-0.3, -0.25) is 4.79 Å². The van der Waals surface area contributed by atoms with Gasteiger partial charge in [-0.25, -0.2) is 14.8 Å². The maximum Gasteiger partial charge on any atom is 0.246 e. The molecule has 0 aliphatic heterocycles. The molecule has 2 N–H and O–H groups in total. The van der Waals surface area contributed by atoms with E-state index < -0.39 is 5.82 Å². The Kier molecular flexibility index (Phi) is 4.64. The van der Waals surface area contributed by atoms with Crippen LogP contribution in [0.25, 0.3) is 0 Å². The molecule has 2 aromatic rings. The number of hydrogen-bond donors (Lipinski definition) is 2. The number of amides is 1. The van der Waals surface area contributed by atoms with Crippen molar-refractivity contribution in [3.8, 4) is 5.75 Å². The number of hydrazone groups is 1. The summed E-state index contributed by atoms with van der Waals surface area (Å²) < 4.78 is 13.1. The molecule has 0 saturated heterocycles. The molecular formula is C14H14FN3O2S. The molecule has 7 heteroatoms.